The van der Waals surface area contributed by atoms with Crippen molar-refractivity contribution in [2.24, 2.45) is 0 Å². The van der Waals surface area contributed by atoms with Crippen molar-refractivity contribution in [2.75, 3.05) is 0 Å². The number of halogens is 3. The lowest BCUT2D eigenvalue weighted by atomic mass is 10.2. The predicted molar refractivity (Wildman–Crippen MR) is 79.0 cm³/mol. The Labute approximate surface area is 132 Å². The average molecular weight is 352 g/mol. The van der Waals surface area contributed by atoms with Crippen molar-refractivity contribution in [1.29, 1.82) is 0 Å². The van der Waals surface area contributed by atoms with E-state index in [2.05, 4.69) is 4.98 Å². The lowest BCUT2D eigenvalue weighted by molar-refractivity contribution is 0.130. The van der Waals surface area contributed by atoms with Gasteiger partial charge in [0, 0.05) is 11.9 Å². The van der Waals surface area contributed by atoms with Crippen LogP contribution in [0.2, 0.25) is 0 Å². The molecule has 2 aromatic rings. The highest BCUT2D eigenvalue weighted by atomic mass is 35.5. The van der Waals surface area contributed by atoms with Gasteiger partial charge in [-0.1, -0.05) is 35.3 Å². The number of hydrogen-bond acceptors (Lipinski definition) is 5. The molecule has 0 aliphatic rings. The van der Waals surface area contributed by atoms with Crippen LogP contribution in [0.25, 0.3) is 10.9 Å². The van der Waals surface area contributed by atoms with E-state index in [9.17, 15) is 14.0 Å². The number of amides is 1. The van der Waals surface area contributed by atoms with E-state index in [1.807, 2.05) is 4.72 Å². The molecule has 0 atom stereocenters. The van der Waals surface area contributed by atoms with Gasteiger partial charge in [-0.05, 0) is 19.1 Å². The smallest absolute Gasteiger partial charge is 0.312 e. The van der Waals surface area contributed by atoms with Gasteiger partial charge < -0.3 is 4.84 Å². The molecule has 0 unspecified atom stereocenters. The normalized spacial score (nSPS) is 11.4. The third kappa shape index (κ3) is 3.99. The number of aryl methyl sites for hydroxylation is 1. The molecular weight excluding hydrogens is 344 g/mol. The van der Waals surface area contributed by atoms with Crippen LogP contribution < -0.4 is 15.1 Å². The van der Waals surface area contributed by atoms with E-state index in [0.29, 0.717) is 10.2 Å². The summed E-state index contributed by atoms with van der Waals surface area (Å²) in [7, 11) is 0. The van der Waals surface area contributed by atoms with Gasteiger partial charge in [-0.25, -0.2) is 9.78 Å². The molecule has 6 nitrogen and oxygen atoms in total. The van der Waals surface area contributed by atoms with Gasteiger partial charge in [0.1, 0.15) is 5.82 Å². The molecule has 10 heteroatoms. The first-order valence-corrected chi connectivity index (χ1v) is 7.06. The van der Waals surface area contributed by atoms with Gasteiger partial charge in [0.15, 0.2) is 0 Å². The highest BCUT2D eigenvalue weighted by Crippen LogP contribution is 2.33. The van der Waals surface area contributed by atoms with Gasteiger partial charge in [-0.2, -0.15) is 4.39 Å². The number of aromatic nitrogens is 2. The number of hydrogen-bond donors (Lipinski definition) is 1. The summed E-state index contributed by atoms with van der Waals surface area (Å²) in [5.74, 6) is 0.155. The molecule has 1 heterocycles. The molecule has 112 valence electrons. The second-order valence-electron chi connectivity index (χ2n) is 3.80. The summed E-state index contributed by atoms with van der Waals surface area (Å²) in [5.41, 5.74) is -0.0968. The number of fused-ring (bicyclic) bond motifs is 1. The van der Waals surface area contributed by atoms with Gasteiger partial charge >= 0.3 is 10.0 Å². The van der Waals surface area contributed by atoms with E-state index in [-0.39, 0.29) is 23.2 Å². The van der Waals surface area contributed by atoms with Crippen LogP contribution in [0.5, 0.6) is 0 Å². The van der Waals surface area contributed by atoms with Crippen molar-refractivity contribution in [2.45, 2.75) is 10.8 Å². The Morgan fingerprint density at radius 1 is 1.48 bits per heavy atom. The molecule has 0 saturated heterocycles. The van der Waals surface area contributed by atoms with Crippen LogP contribution in [0.3, 0.4) is 0 Å². The van der Waals surface area contributed by atoms with E-state index in [1.165, 1.54) is 6.92 Å². The minimum atomic E-state index is -2.71. The van der Waals surface area contributed by atoms with Gasteiger partial charge in [0.2, 0.25) is 0 Å². The SMILES string of the molecule is Cc1nc2ccccc2c(=O)n1OC(=O)NSC(F)(Cl)Cl. The summed E-state index contributed by atoms with van der Waals surface area (Å²) in [5, 5.41) is 0.276. The zero-order valence-corrected chi connectivity index (χ0v) is 12.8. The molecule has 1 N–H and O–H groups in total. The lowest BCUT2D eigenvalue weighted by Crippen LogP contribution is -2.37. The quantitative estimate of drug-likeness (QED) is 0.679. The molecule has 0 spiro atoms. The first-order chi connectivity index (χ1) is 9.78. The van der Waals surface area contributed by atoms with Crippen molar-refractivity contribution in [1.82, 2.24) is 14.4 Å². The summed E-state index contributed by atoms with van der Waals surface area (Å²) in [6.45, 7) is 1.48. The predicted octanol–water partition coefficient (Wildman–Crippen LogP) is 2.55. The number of nitrogens with one attached hydrogen (secondary N) is 1. The van der Waals surface area contributed by atoms with Crippen LogP contribution >= 0.6 is 35.1 Å². The third-order valence-electron chi connectivity index (χ3n) is 2.32. The molecule has 0 bridgehead atoms. The number of carbonyl (C=O) groups is 1. The number of rotatable bonds is 3. The number of para-hydroxylation sites is 1. The molecule has 21 heavy (non-hydrogen) atoms. The monoisotopic (exact) mass is 351 g/mol. The second-order valence-corrected chi connectivity index (χ2v) is 6.46. The second kappa shape index (κ2) is 6.08. The number of nitrogens with zero attached hydrogens (tertiary/aromatic N) is 2. The van der Waals surface area contributed by atoms with Crippen LogP contribution in [0.1, 0.15) is 5.82 Å². The average Bonchev–Trinajstić information content (AvgIpc) is 2.40. The van der Waals surface area contributed by atoms with Crippen molar-refractivity contribution >= 4 is 52.1 Å². The van der Waals surface area contributed by atoms with Crippen molar-refractivity contribution in [3.63, 3.8) is 0 Å². The minimum Gasteiger partial charge on any atom is -0.312 e. The summed E-state index contributed by atoms with van der Waals surface area (Å²) < 4.78 is 12.7. The lowest BCUT2D eigenvalue weighted by Gasteiger charge is -2.12. The van der Waals surface area contributed by atoms with E-state index in [4.69, 9.17) is 28.0 Å². The molecular formula is C11H8Cl2FN3O3S. The first-order valence-electron chi connectivity index (χ1n) is 5.49. The molecule has 0 aliphatic carbocycles. The fourth-order valence-corrected chi connectivity index (χ4v) is 2.00. The van der Waals surface area contributed by atoms with E-state index < -0.39 is 15.6 Å². The molecule has 2 rings (SSSR count). The maximum absolute atomic E-state index is 12.8. The summed E-state index contributed by atoms with van der Waals surface area (Å²) in [4.78, 5) is 32.5. The Morgan fingerprint density at radius 3 is 2.81 bits per heavy atom. The number of benzene rings is 1. The standard InChI is InChI=1S/C11H8Cl2FN3O3S/c1-6-15-8-5-3-2-4-7(8)9(18)17(6)20-10(19)16-21-11(12,13)14/h2-5H,1H3,(H,16,19). The Hall–Kier alpha value is -1.51. The summed E-state index contributed by atoms with van der Waals surface area (Å²) in [6, 6.07) is 6.58. The van der Waals surface area contributed by atoms with Gasteiger partial charge in [-0.3, -0.25) is 9.52 Å². The third-order valence-corrected chi connectivity index (χ3v) is 3.28. The highest BCUT2D eigenvalue weighted by Gasteiger charge is 2.25. The molecule has 0 saturated carbocycles. The number of alkyl halides is 3. The zero-order chi connectivity index (χ0) is 15.6. The van der Waals surface area contributed by atoms with Crippen molar-refractivity contribution in [3.8, 4) is 0 Å². The van der Waals surface area contributed by atoms with E-state index in [0.717, 1.165) is 0 Å². The van der Waals surface area contributed by atoms with Gasteiger partial charge in [0.05, 0.1) is 10.9 Å². The maximum atomic E-state index is 12.8. The summed E-state index contributed by atoms with van der Waals surface area (Å²) in [6.07, 6.45) is -1.12. The molecule has 0 radical (unpaired) electrons. The molecule has 1 aromatic heterocycles. The summed E-state index contributed by atoms with van der Waals surface area (Å²) >= 11 is 10.1. The number of carbonyl (C=O) groups excluding carboxylic acids is 1. The molecule has 1 amide bonds. The van der Waals surface area contributed by atoms with Crippen molar-refractivity contribution in [3.05, 3.63) is 40.4 Å². The fraction of sp³-hybridized carbons (Fsp3) is 0.182. The van der Waals surface area contributed by atoms with E-state index >= 15 is 0 Å². The van der Waals surface area contributed by atoms with Crippen LogP contribution in [0, 0.1) is 6.92 Å². The van der Waals surface area contributed by atoms with Gasteiger partial charge in [-0.15, -0.1) is 4.73 Å². The molecule has 1 aromatic carbocycles. The van der Waals surface area contributed by atoms with Crippen LogP contribution in [-0.4, -0.2) is 19.7 Å². The minimum absolute atomic E-state index is 0.0801. The van der Waals surface area contributed by atoms with Gasteiger partial charge in [0.25, 0.3) is 5.56 Å². The topological polar surface area (TPSA) is 73.2 Å². The van der Waals surface area contributed by atoms with E-state index in [1.54, 1.807) is 24.3 Å². The fourth-order valence-electron chi connectivity index (χ4n) is 1.54. The molecule has 0 aliphatic heterocycles. The molecule has 0 fully saturated rings. The van der Waals surface area contributed by atoms with Crippen molar-refractivity contribution < 1.29 is 14.0 Å². The van der Waals surface area contributed by atoms with Crippen LogP contribution in [0.4, 0.5) is 9.18 Å². The highest BCUT2D eigenvalue weighted by molar-refractivity contribution is 8.01. The Morgan fingerprint density at radius 2 is 2.14 bits per heavy atom. The maximum Gasteiger partial charge on any atom is 0.442 e. The Bertz CT molecular complexity index is 748. The van der Waals surface area contributed by atoms with Crippen LogP contribution in [-0.2, 0) is 0 Å². The zero-order valence-electron chi connectivity index (χ0n) is 10.5. The van der Waals surface area contributed by atoms with Crippen LogP contribution in [0.15, 0.2) is 29.1 Å². The Balaban J connectivity index is 2.26. The first kappa shape index (κ1) is 15.9. The Kier molecular flexibility index (Phi) is 4.60. The largest absolute Gasteiger partial charge is 0.442 e.